The lowest BCUT2D eigenvalue weighted by atomic mass is 10.1. The van der Waals surface area contributed by atoms with Crippen LogP contribution in [0, 0.1) is 6.92 Å². The largest absolute Gasteiger partial charge is 0.352 e. The Balaban J connectivity index is 1.54. The lowest BCUT2D eigenvalue weighted by Crippen LogP contribution is -2.36. The molecule has 0 atom stereocenters. The molecule has 1 saturated heterocycles. The average molecular weight is 287 g/mol. The Labute approximate surface area is 124 Å². The molecule has 21 heavy (non-hydrogen) atoms. The topological polar surface area (TPSA) is 62.5 Å². The first-order valence-corrected chi connectivity index (χ1v) is 7.58. The van der Waals surface area contributed by atoms with Crippen LogP contribution in [0.2, 0.25) is 0 Å². The molecule has 0 aromatic carbocycles. The summed E-state index contributed by atoms with van der Waals surface area (Å²) in [5, 5.41) is 7.53. The summed E-state index contributed by atoms with van der Waals surface area (Å²) in [6.07, 6.45) is 4.00. The smallest absolute Gasteiger partial charge is 0.243 e. The number of fused-ring (bicyclic) bond motifs is 1. The average Bonchev–Trinajstić information content (AvgIpc) is 2.92. The van der Waals surface area contributed by atoms with E-state index in [0.29, 0.717) is 18.9 Å². The van der Waals surface area contributed by atoms with Gasteiger partial charge in [-0.15, -0.1) is 5.10 Å². The minimum atomic E-state index is 0.224. The Hall–Kier alpha value is -2.11. The summed E-state index contributed by atoms with van der Waals surface area (Å²) in [5.74, 6) is 0.804. The van der Waals surface area contributed by atoms with Crippen LogP contribution >= 0.6 is 0 Å². The molecule has 6 nitrogen and oxygen atoms in total. The maximum Gasteiger partial charge on any atom is 0.243 e. The van der Waals surface area contributed by atoms with E-state index in [9.17, 15) is 4.79 Å². The number of aryl methyl sites for hydroxylation is 1. The molecule has 1 N–H and O–H groups in total. The summed E-state index contributed by atoms with van der Waals surface area (Å²) in [7, 11) is 0. The van der Waals surface area contributed by atoms with Gasteiger partial charge in [-0.3, -0.25) is 4.79 Å². The molecule has 3 rings (SSSR count). The second-order valence-corrected chi connectivity index (χ2v) is 5.49. The Morgan fingerprint density at radius 1 is 1.29 bits per heavy atom. The van der Waals surface area contributed by atoms with E-state index < -0.39 is 0 Å². The molecule has 6 heteroatoms. The minimum absolute atomic E-state index is 0.224. The van der Waals surface area contributed by atoms with Gasteiger partial charge in [0.1, 0.15) is 0 Å². The second kappa shape index (κ2) is 6.11. The lowest BCUT2D eigenvalue weighted by molar-refractivity contribution is -0.131. The quantitative estimate of drug-likeness (QED) is 0.932. The van der Waals surface area contributed by atoms with Gasteiger partial charge in [0.05, 0.1) is 0 Å². The van der Waals surface area contributed by atoms with Crippen molar-refractivity contribution in [2.45, 2.75) is 32.6 Å². The van der Waals surface area contributed by atoms with E-state index in [-0.39, 0.29) is 5.91 Å². The fourth-order valence-electron chi connectivity index (χ4n) is 2.69. The molecule has 0 aliphatic carbocycles. The molecule has 112 valence electrons. The SMILES string of the molecule is Cc1cccc2nc(NCCC(=O)N3CCCCC3)nn12. The van der Waals surface area contributed by atoms with Crippen molar-refractivity contribution in [1.29, 1.82) is 0 Å². The number of nitrogens with zero attached hydrogens (tertiary/aromatic N) is 4. The Morgan fingerprint density at radius 3 is 2.86 bits per heavy atom. The van der Waals surface area contributed by atoms with Crippen LogP contribution in [0.25, 0.3) is 5.65 Å². The maximum atomic E-state index is 12.1. The zero-order valence-corrected chi connectivity index (χ0v) is 12.4. The molecule has 0 radical (unpaired) electrons. The molecule has 2 aromatic rings. The fraction of sp³-hybridized carbons (Fsp3) is 0.533. The van der Waals surface area contributed by atoms with Crippen LogP contribution in [0.15, 0.2) is 18.2 Å². The van der Waals surface area contributed by atoms with Crippen LogP contribution in [-0.2, 0) is 4.79 Å². The number of hydrogen-bond donors (Lipinski definition) is 1. The number of carbonyl (C=O) groups excluding carboxylic acids is 1. The van der Waals surface area contributed by atoms with Crippen molar-refractivity contribution >= 4 is 17.5 Å². The Bertz CT molecular complexity index is 630. The summed E-state index contributed by atoms with van der Waals surface area (Å²) in [6.45, 7) is 4.38. The highest BCUT2D eigenvalue weighted by Crippen LogP contribution is 2.11. The van der Waals surface area contributed by atoms with E-state index in [0.717, 1.165) is 37.3 Å². The molecular formula is C15H21N5O. The van der Waals surface area contributed by atoms with Crippen molar-refractivity contribution in [3.05, 3.63) is 23.9 Å². The number of rotatable bonds is 4. The van der Waals surface area contributed by atoms with Gasteiger partial charge >= 0.3 is 0 Å². The predicted molar refractivity (Wildman–Crippen MR) is 81.3 cm³/mol. The molecule has 1 aliphatic rings. The van der Waals surface area contributed by atoms with Crippen LogP contribution in [0.1, 0.15) is 31.4 Å². The van der Waals surface area contributed by atoms with E-state index in [2.05, 4.69) is 15.4 Å². The van der Waals surface area contributed by atoms with Gasteiger partial charge in [-0.1, -0.05) is 6.07 Å². The van der Waals surface area contributed by atoms with Gasteiger partial charge in [-0.25, -0.2) is 4.52 Å². The van der Waals surface area contributed by atoms with Crippen LogP contribution in [0.4, 0.5) is 5.95 Å². The van der Waals surface area contributed by atoms with Crippen molar-refractivity contribution in [1.82, 2.24) is 19.5 Å². The molecule has 0 bridgehead atoms. The molecule has 0 saturated carbocycles. The van der Waals surface area contributed by atoms with Crippen LogP contribution in [0.3, 0.4) is 0 Å². The molecule has 3 heterocycles. The number of nitrogens with one attached hydrogen (secondary N) is 1. The van der Waals surface area contributed by atoms with Gasteiger partial charge in [-0.05, 0) is 38.3 Å². The van der Waals surface area contributed by atoms with Gasteiger partial charge in [0, 0.05) is 31.7 Å². The highest BCUT2D eigenvalue weighted by Gasteiger charge is 2.16. The summed E-state index contributed by atoms with van der Waals surface area (Å²) < 4.78 is 1.80. The van der Waals surface area contributed by atoms with Crippen LogP contribution < -0.4 is 5.32 Å². The molecular weight excluding hydrogens is 266 g/mol. The molecule has 1 aliphatic heterocycles. The number of carbonyl (C=O) groups is 1. The first kappa shape index (κ1) is 13.9. The van der Waals surface area contributed by atoms with Gasteiger partial charge in [0.2, 0.25) is 11.9 Å². The van der Waals surface area contributed by atoms with Crippen molar-refractivity contribution in [2.24, 2.45) is 0 Å². The van der Waals surface area contributed by atoms with Gasteiger partial charge < -0.3 is 10.2 Å². The number of piperidine rings is 1. The predicted octanol–water partition coefficient (Wildman–Crippen LogP) is 1.85. The number of hydrogen-bond acceptors (Lipinski definition) is 4. The third-order valence-electron chi connectivity index (χ3n) is 3.88. The number of pyridine rings is 1. The Morgan fingerprint density at radius 2 is 2.10 bits per heavy atom. The van der Waals surface area contributed by atoms with Crippen LogP contribution in [-0.4, -0.2) is 45.0 Å². The third-order valence-corrected chi connectivity index (χ3v) is 3.88. The number of likely N-dealkylation sites (tertiary alicyclic amines) is 1. The van der Waals surface area contributed by atoms with E-state index >= 15 is 0 Å². The molecule has 1 amide bonds. The van der Waals surface area contributed by atoms with Crippen molar-refractivity contribution in [3.63, 3.8) is 0 Å². The first-order valence-electron chi connectivity index (χ1n) is 7.58. The normalized spacial score (nSPS) is 15.4. The van der Waals surface area contributed by atoms with Gasteiger partial charge in [-0.2, -0.15) is 4.98 Å². The number of amides is 1. The zero-order valence-electron chi connectivity index (χ0n) is 12.4. The van der Waals surface area contributed by atoms with Gasteiger partial charge in [0.15, 0.2) is 5.65 Å². The lowest BCUT2D eigenvalue weighted by Gasteiger charge is -2.26. The third kappa shape index (κ3) is 3.15. The van der Waals surface area contributed by atoms with E-state index in [1.165, 1.54) is 6.42 Å². The zero-order chi connectivity index (χ0) is 14.7. The minimum Gasteiger partial charge on any atom is -0.352 e. The standard InChI is InChI=1S/C15H21N5O/c1-12-6-5-7-13-17-15(18-20(12)13)16-9-8-14(21)19-10-3-2-4-11-19/h5-7H,2-4,8-11H2,1H3,(H,16,18). The van der Waals surface area contributed by atoms with Crippen molar-refractivity contribution < 1.29 is 4.79 Å². The fourth-order valence-corrected chi connectivity index (χ4v) is 2.69. The van der Waals surface area contributed by atoms with E-state index in [1.54, 1.807) is 4.52 Å². The van der Waals surface area contributed by atoms with Gasteiger partial charge in [0.25, 0.3) is 0 Å². The molecule has 0 unspecified atom stereocenters. The second-order valence-electron chi connectivity index (χ2n) is 5.49. The monoisotopic (exact) mass is 287 g/mol. The van der Waals surface area contributed by atoms with Crippen molar-refractivity contribution in [3.8, 4) is 0 Å². The van der Waals surface area contributed by atoms with Crippen molar-refractivity contribution in [2.75, 3.05) is 25.0 Å². The summed E-state index contributed by atoms with van der Waals surface area (Å²) in [5.41, 5.74) is 1.86. The first-order chi connectivity index (χ1) is 10.2. The summed E-state index contributed by atoms with van der Waals surface area (Å²) in [6, 6.07) is 5.87. The van der Waals surface area contributed by atoms with Crippen LogP contribution in [0.5, 0.6) is 0 Å². The number of anilines is 1. The number of aromatic nitrogens is 3. The summed E-state index contributed by atoms with van der Waals surface area (Å²) >= 11 is 0. The highest BCUT2D eigenvalue weighted by atomic mass is 16.2. The highest BCUT2D eigenvalue weighted by molar-refractivity contribution is 5.76. The molecule has 1 fully saturated rings. The Kier molecular flexibility index (Phi) is 4.03. The van der Waals surface area contributed by atoms with E-state index in [4.69, 9.17) is 0 Å². The molecule has 0 spiro atoms. The summed E-state index contributed by atoms with van der Waals surface area (Å²) in [4.78, 5) is 18.4. The molecule has 2 aromatic heterocycles. The van der Waals surface area contributed by atoms with E-state index in [1.807, 2.05) is 30.0 Å². The maximum absolute atomic E-state index is 12.1.